The number of rotatable bonds is 26. The number of aliphatic hydroxyl groups is 3. The Labute approximate surface area is 292 Å². The summed E-state index contributed by atoms with van der Waals surface area (Å²) < 4.78 is 47.8. The van der Waals surface area contributed by atoms with Crippen LogP contribution in [0.2, 0.25) is 0 Å². The lowest BCUT2D eigenvalue weighted by Crippen LogP contribution is -2.39. The largest absolute Gasteiger partial charge is 0.397 e. The first kappa shape index (κ1) is 45.6. The maximum absolute atomic E-state index is 10.5. The van der Waals surface area contributed by atoms with Gasteiger partial charge in [-0.25, -0.2) is 0 Å². The van der Waals surface area contributed by atoms with Crippen molar-refractivity contribution < 1.29 is 53.2 Å². The molecule has 11 heteroatoms. The van der Waals surface area contributed by atoms with Crippen molar-refractivity contribution in [2.45, 2.75) is 167 Å². The molecule has 0 radical (unpaired) electrons. The lowest BCUT2D eigenvalue weighted by atomic mass is 9.98. The van der Waals surface area contributed by atoms with E-state index >= 15 is 0 Å². The zero-order valence-electron chi connectivity index (χ0n) is 31.2. The van der Waals surface area contributed by atoms with Crippen molar-refractivity contribution in [1.29, 1.82) is 0 Å². The Balaban J connectivity index is 0.00000369. The molecule has 1 aliphatic heterocycles. The van der Waals surface area contributed by atoms with Crippen LogP contribution in [0, 0.1) is 0 Å². The second kappa shape index (κ2) is 31.3. The summed E-state index contributed by atoms with van der Waals surface area (Å²) in [5.41, 5.74) is 0. The van der Waals surface area contributed by atoms with Crippen molar-refractivity contribution >= 4 is 0 Å². The number of hydrogen-bond acceptors (Lipinski definition) is 11. The Kier molecular flexibility index (Phi) is 29.7. The van der Waals surface area contributed by atoms with Crippen LogP contribution in [0.1, 0.15) is 118 Å². The van der Waals surface area contributed by atoms with E-state index in [0.29, 0.717) is 39.6 Å². The lowest BCUT2D eigenvalue weighted by molar-refractivity contribution is -0.154. The lowest BCUT2D eigenvalue weighted by Gasteiger charge is -2.29. The number of unbranched alkanes of at least 4 members (excludes halogenated alkanes) is 2. The van der Waals surface area contributed by atoms with Gasteiger partial charge in [-0.3, -0.25) is 0 Å². The van der Waals surface area contributed by atoms with Gasteiger partial charge < -0.3 is 53.2 Å². The molecule has 5 unspecified atom stereocenters. The fourth-order valence-electron chi connectivity index (χ4n) is 5.70. The molecule has 2 fully saturated rings. The molecule has 0 bridgehead atoms. The molecule has 0 aromatic carbocycles. The average Bonchev–Trinajstić information content (AvgIpc) is 3.07. The first-order valence-corrected chi connectivity index (χ1v) is 19.2. The van der Waals surface area contributed by atoms with Crippen molar-refractivity contribution in [3.05, 3.63) is 0 Å². The van der Waals surface area contributed by atoms with Gasteiger partial charge in [0, 0.05) is 6.61 Å². The Morgan fingerprint density at radius 2 is 1.08 bits per heavy atom. The van der Waals surface area contributed by atoms with E-state index in [9.17, 15) is 10.2 Å². The summed E-state index contributed by atoms with van der Waals surface area (Å²) in [5.74, 6) is 0. The second-order valence-electron chi connectivity index (χ2n) is 13.2. The molecule has 0 aromatic heterocycles. The Morgan fingerprint density at radius 3 is 1.62 bits per heavy atom. The average molecular weight is 695 g/mol. The summed E-state index contributed by atoms with van der Waals surface area (Å²) in [6.07, 6.45) is 12.8. The van der Waals surface area contributed by atoms with Crippen LogP contribution in [-0.2, 0) is 37.9 Å². The van der Waals surface area contributed by atoms with Crippen LogP contribution in [0.3, 0.4) is 0 Å². The highest BCUT2D eigenvalue weighted by atomic mass is 16.6. The van der Waals surface area contributed by atoms with Gasteiger partial charge in [-0.1, -0.05) is 72.6 Å². The third-order valence-electron chi connectivity index (χ3n) is 8.48. The van der Waals surface area contributed by atoms with Gasteiger partial charge in [0.15, 0.2) is 0 Å². The molecule has 2 aliphatic rings. The van der Waals surface area contributed by atoms with Crippen LogP contribution in [0.15, 0.2) is 0 Å². The number of ether oxygens (including phenoxy) is 8. The van der Waals surface area contributed by atoms with Crippen LogP contribution in [0.5, 0.6) is 0 Å². The molecule has 1 saturated heterocycles. The molecule has 0 spiro atoms. The zero-order valence-corrected chi connectivity index (χ0v) is 31.2. The minimum absolute atomic E-state index is 0.0694. The fourth-order valence-corrected chi connectivity index (χ4v) is 5.70. The van der Waals surface area contributed by atoms with Gasteiger partial charge in [-0.2, -0.15) is 0 Å². The number of hydrogen-bond donors (Lipinski definition) is 3. The molecule has 48 heavy (non-hydrogen) atoms. The summed E-state index contributed by atoms with van der Waals surface area (Å²) in [5, 5.41) is 28.5. The van der Waals surface area contributed by atoms with Crippen molar-refractivity contribution in [3.63, 3.8) is 0 Å². The molecule has 11 nitrogen and oxygen atoms in total. The molecule has 0 aromatic rings. The summed E-state index contributed by atoms with van der Waals surface area (Å²) in [7, 11) is 0. The topological polar surface area (TPSA) is 135 Å². The van der Waals surface area contributed by atoms with Crippen molar-refractivity contribution in [2.24, 2.45) is 0 Å². The second-order valence-corrected chi connectivity index (χ2v) is 13.2. The predicted molar refractivity (Wildman–Crippen MR) is 188 cm³/mol. The van der Waals surface area contributed by atoms with E-state index in [0.717, 1.165) is 64.2 Å². The molecule has 5 atom stereocenters. The summed E-state index contributed by atoms with van der Waals surface area (Å²) >= 11 is 0. The number of aliphatic hydroxyl groups excluding tert-OH is 3. The fraction of sp³-hybridized carbons (Fsp3) is 1.00. The van der Waals surface area contributed by atoms with E-state index < -0.39 is 12.2 Å². The molecule has 1 aliphatic carbocycles. The molecule has 2 rings (SSSR count). The van der Waals surface area contributed by atoms with Crippen LogP contribution >= 0.6 is 0 Å². The highest BCUT2D eigenvalue weighted by molar-refractivity contribution is 4.70. The molecule has 0 amide bonds. The van der Waals surface area contributed by atoms with Crippen LogP contribution in [-0.4, -0.2) is 137 Å². The van der Waals surface area contributed by atoms with Gasteiger partial charge in [0.05, 0.1) is 84.4 Å². The van der Waals surface area contributed by atoms with E-state index in [1.54, 1.807) is 6.92 Å². The predicted octanol–water partition coefficient (Wildman–Crippen LogP) is 5.23. The summed E-state index contributed by atoms with van der Waals surface area (Å²) in [4.78, 5) is 0. The third kappa shape index (κ3) is 23.9. The quantitative estimate of drug-likeness (QED) is 0.110. The monoisotopic (exact) mass is 695 g/mol. The highest BCUT2D eigenvalue weighted by Crippen LogP contribution is 2.22. The van der Waals surface area contributed by atoms with Crippen LogP contribution < -0.4 is 0 Å². The van der Waals surface area contributed by atoms with Gasteiger partial charge in [-0.05, 0) is 45.4 Å². The molecular formula is C37H74O11. The Bertz CT molecular complexity index is 672. The van der Waals surface area contributed by atoms with E-state index in [-0.39, 0.29) is 69.7 Å². The summed E-state index contributed by atoms with van der Waals surface area (Å²) in [6.45, 7) is 13.6. The van der Waals surface area contributed by atoms with Gasteiger partial charge in [0.2, 0.25) is 0 Å². The Hall–Kier alpha value is -0.440. The molecule has 3 N–H and O–H groups in total. The smallest absolute Gasteiger partial charge is 0.104 e. The maximum Gasteiger partial charge on any atom is 0.104 e. The van der Waals surface area contributed by atoms with E-state index in [1.807, 2.05) is 0 Å². The van der Waals surface area contributed by atoms with Crippen LogP contribution in [0.25, 0.3) is 0 Å². The van der Waals surface area contributed by atoms with Gasteiger partial charge >= 0.3 is 0 Å². The van der Waals surface area contributed by atoms with Crippen LogP contribution in [0.4, 0.5) is 0 Å². The van der Waals surface area contributed by atoms with E-state index in [1.165, 1.54) is 19.3 Å². The maximum atomic E-state index is 10.5. The minimum Gasteiger partial charge on any atom is -0.397 e. The highest BCUT2D eigenvalue weighted by Gasteiger charge is 2.23. The van der Waals surface area contributed by atoms with Crippen molar-refractivity contribution in [2.75, 3.05) is 72.7 Å². The normalized spacial score (nSPS) is 22.5. The van der Waals surface area contributed by atoms with E-state index in [2.05, 4.69) is 27.7 Å². The van der Waals surface area contributed by atoms with Gasteiger partial charge in [-0.15, -0.1) is 0 Å². The zero-order chi connectivity index (χ0) is 35.2. The first-order chi connectivity index (χ1) is 23.4. The standard InChI is InChI=1S/C35H68O10.C2H6O/c1-5-9-14-30(7-3)42-20-28(36)18-38-24-35(45-32-16-12-11-13-17-32)25-39-19-29(37)21-43-33-22-40-26-34(27-41-23-33)44-31(8-4)15-10-6-2;1-2-3/h28-37H,5-27H2,1-4H3;3H,2H2,1H3. The molecular weight excluding hydrogens is 620 g/mol. The SMILES string of the molecule is CCCCC(CC)OCC(O)COCC(COCC(O)COC1COCC(OC(CC)CCCC)COC1)OC1CCCCC1.CCO. The molecule has 1 saturated carbocycles. The third-order valence-corrected chi connectivity index (χ3v) is 8.48. The van der Waals surface area contributed by atoms with Gasteiger partial charge in [0.1, 0.15) is 30.5 Å². The van der Waals surface area contributed by atoms with Crippen molar-refractivity contribution in [3.8, 4) is 0 Å². The first-order valence-electron chi connectivity index (χ1n) is 19.2. The van der Waals surface area contributed by atoms with Gasteiger partial charge in [0.25, 0.3) is 0 Å². The summed E-state index contributed by atoms with van der Waals surface area (Å²) in [6, 6.07) is 0. The molecule has 1 heterocycles. The minimum atomic E-state index is -0.787. The Morgan fingerprint density at radius 1 is 0.583 bits per heavy atom. The van der Waals surface area contributed by atoms with E-state index in [4.69, 9.17) is 43.0 Å². The molecule has 288 valence electrons. The van der Waals surface area contributed by atoms with Crippen molar-refractivity contribution in [1.82, 2.24) is 0 Å².